The average Bonchev–Trinajstić information content (AvgIpc) is 2.47. The molecule has 0 saturated heterocycles. The first-order valence-corrected chi connectivity index (χ1v) is 8.29. The van der Waals surface area contributed by atoms with E-state index >= 15 is 0 Å². The van der Waals surface area contributed by atoms with Crippen molar-refractivity contribution in [3.8, 4) is 0 Å². The number of aliphatic carboxylic acids is 1. The van der Waals surface area contributed by atoms with Crippen LogP contribution >= 0.6 is 0 Å². The minimum Gasteiger partial charge on any atom is -0.480 e. The van der Waals surface area contributed by atoms with Crippen molar-refractivity contribution in [1.29, 1.82) is 0 Å². The Balaban J connectivity index is 2.25. The highest BCUT2D eigenvalue weighted by atomic mass is 16.5. The van der Waals surface area contributed by atoms with E-state index in [2.05, 4.69) is 12.2 Å². The molecule has 0 aromatic heterocycles. The first-order valence-electron chi connectivity index (χ1n) is 8.29. The molecule has 1 fully saturated rings. The Bertz CT molecular complexity index is 313. The maximum absolute atomic E-state index is 11.6. The number of ether oxygens (including phenoxy) is 1. The molecule has 0 radical (unpaired) electrons. The van der Waals surface area contributed by atoms with Gasteiger partial charge in [-0.3, -0.25) is 0 Å². The molecule has 5 nitrogen and oxygen atoms in total. The standard InChI is InChI=1S/C16H29NO4/c1-2-3-4-8-11-21-16(20)17-14(15(18)19)12-13-9-6-5-7-10-13/h13-14H,2-12H2,1H3,(H,17,20)(H,18,19)/t14-/m0/s1. The van der Waals surface area contributed by atoms with Gasteiger partial charge in [-0.05, 0) is 18.8 Å². The van der Waals surface area contributed by atoms with Crippen molar-refractivity contribution in [3.63, 3.8) is 0 Å². The third kappa shape index (κ3) is 7.93. The molecule has 1 rings (SSSR count). The highest BCUT2D eigenvalue weighted by Gasteiger charge is 2.25. The summed E-state index contributed by atoms with van der Waals surface area (Å²) in [4.78, 5) is 22.9. The number of hydrogen-bond donors (Lipinski definition) is 2. The summed E-state index contributed by atoms with van der Waals surface area (Å²) in [5, 5.41) is 11.7. The largest absolute Gasteiger partial charge is 0.480 e. The van der Waals surface area contributed by atoms with Gasteiger partial charge in [0.05, 0.1) is 6.61 Å². The summed E-state index contributed by atoms with van der Waals surface area (Å²) in [6.07, 6.45) is 9.75. The van der Waals surface area contributed by atoms with Gasteiger partial charge in [-0.15, -0.1) is 0 Å². The molecule has 122 valence electrons. The fourth-order valence-corrected chi connectivity index (χ4v) is 2.86. The van der Waals surface area contributed by atoms with E-state index in [4.69, 9.17) is 4.74 Å². The first kappa shape index (κ1) is 17.8. The number of carbonyl (C=O) groups excluding carboxylic acids is 1. The van der Waals surface area contributed by atoms with Crippen molar-refractivity contribution in [2.45, 2.75) is 77.2 Å². The van der Waals surface area contributed by atoms with E-state index < -0.39 is 18.1 Å². The maximum atomic E-state index is 11.6. The van der Waals surface area contributed by atoms with E-state index in [1.807, 2.05) is 0 Å². The van der Waals surface area contributed by atoms with Gasteiger partial charge in [0.15, 0.2) is 0 Å². The predicted octanol–water partition coefficient (Wildman–Crippen LogP) is 3.72. The molecule has 0 unspecified atom stereocenters. The van der Waals surface area contributed by atoms with E-state index in [1.165, 1.54) is 19.3 Å². The average molecular weight is 299 g/mol. The quantitative estimate of drug-likeness (QED) is 0.636. The summed E-state index contributed by atoms with van der Waals surface area (Å²) < 4.78 is 5.05. The summed E-state index contributed by atoms with van der Waals surface area (Å²) in [7, 11) is 0. The normalized spacial score (nSPS) is 17.2. The summed E-state index contributed by atoms with van der Waals surface area (Å²) >= 11 is 0. The highest BCUT2D eigenvalue weighted by Crippen LogP contribution is 2.27. The van der Waals surface area contributed by atoms with Crippen LogP contribution in [0.2, 0.25) is 0 Å². The van der Waals surface area contributed by atoms with E-state index in [1.54, 1.807) is 0 Å². The lowest BCUT2D eigenvalue weighted by Gasteiger charge is -2.24. The van der Waals surface area contributed by atoms with Gasteiger partial charge in [0.2, 0.25) is 0 Å². The number of hydrogen-bond acceptors (Lipinski definition) is 3. The molecular formula is C16H29NO4. The predicted molar refractivity (Wildman–Crippen MR) is 81.2 cm³/mol. The van der Waals surface area contributed by atoms with Crippen LogP contribution in [-0.4, -0.2) is 29.8 Å². The molecular weight excluding hydrogens is 270 g/mol. The first-order chi connectivity index (χ1) is 10.1. The molecule has 0 aliphatic heterocycles. The van der Waals surface area contributed by atoms with Crippen LogP contribution in [0, 0.1) is 5.92 Å². The summed E-state index contributed by atoms with van der Waals surface area (Å²) in [6.45, 7) is 2.48. The number of carboxylic acid groups (broad SMARTS) is 1. The number of amides is 1. The Morgan fingerprint density at radius 1 is 1.19 bits per heavy atom. The van der Waals surface area contributed by atoms with Crippen LogP contribution < -0.4 is 5.32 Å². The minimum atomic E-state index is -0.969. The molecule has 1 atom stereocenters. The Kier molecular flexibility index (Phi) is 8.87. The molecule has 5 heteroatoms. The van der Waals surface area contributed by atoms with Crippen LogP contribution in [0.4, 0.5) is 4.79 Å². The summed E-state index contributed by atoms with van der Waals surface area (Å²) in [5.41, 5.74) is 0. The molecule has 1 amide bonds. The molecule has 0 bridgehead atoms. The number of nitrogens with one attached hydrogen (secondary N) is 1. The molecule has 2 N–H and O–H groups in total. The number of carbonyl (C=O) groups is 2. The molecule has 0 heterocycles. The van der Waals surface area contributed by atoms with Crippen molar-refractivity contribution < 1.29 is 19.4 Å². The second-order valence-corrected chi connectivity index (χ2v) is 5.97. The Morgan fingerprint density at radius 3 is 2.52 bits per heavy atom. The minimum absolute atomic E-state index is 0.363. The number of unbranched alkanes of at least 4 members (excludes halogenated alkanes) is 3. The summed E-state index contributed by atoms with van der Waals surface area (Å²) in [6, 6.07) is -0.823. The molecule has 1 aliphatic rings. The van der Waals surface area contributed by atoms with Gasteiger partial charge >= 0.3 is 12.1 Å². The molecule has 1 aliphatic carbocycles. The van der Waals surface area contributed by atoms with Crippen LogP contribution in [0.5, 0.6) is 0 Å². The van der Waals surface area contributed by atoms with E-state index in [0.29, 0.717) is 18.9 Å². The number of carboxylic acids is 1. The topological polar surface area (TPSA) is 75.6 Å². The second kappa shape index (κ2) is 10.5. The van der Waals surface area contributed by atoms with Gasteiger partial charge in [-0.25, -0.2) is 9.59 Å². The SMILES string of the molecule is CCCCCCOC(=O)N[C@@H](CC1CCCCC1)C(=O)O. The molecule has 0 spiro atoms. The monoisotopic (exact) mass is 299 g/mol. The van der Waals surface area contributed by atoms with Gasteiger partial charge in [0.25, 0.3) is 0 Å². The van der Waals surface area contributed by atoms with Gasteiger partial charge in [-0.2, -0.15) is 0 Å². The molecule has 0 aromatic rings. The zero-order valence-electron chi connectivity index (χ0n) is 13.1. The van der Waals surface area contributed by atoms with Gasteiger partial charge in [-0.1, -0.05) is 58.3 Å². The Labute approximate surface area is 127 Å². The van der Waals surface area contributed by atoms with E-state index in [9.17, 15) is 14.7 Å². The molecule has 21 heavy (non-hydrogen) atoms. The van der Waals surface area contributed by atoms with Gasteiger partial charge < -0.3 is 15.2 Å². The lowest BCUT2D eigenvalue weighted by atomic mass is 9.85. The highest BCUT2D eigenvalue weighted by molar-refractivity contribution is 5.79. The van der Waals surface area contributed by atoms with Crippen LogP contribution in [0.3, 0.4) is 0 Å². The summed E-state index contributed by atoms with van der Waals surface area (Å²) in [5.74, 6) is -0.562. The van der Waals surface area contributed by atoms with Crippen molar-refractivity contribution in [1.82, 2.24) is 5.32 Å². The third-order valence-electron chi connectivity index (χ3n) is 4.12. The smallest absolute Gasteiger partial charge is 0.407 e. The Hall–Kier alpha value is -1.26. The lowest BCUT2D eigenvalue weighted by molar-refractivity contribution is -0.139. The molecule has 1 saturated carbocycles. The zero-order valence-corrected chi connectivity index (χ0v) is 13.1. The lowest BCUT2D eigenvalue weighted by Crippen LogP contribution is -2.42. The van der Waals surface area contributed by atoms with Gasteiger partial charge in [0, 0.05) is 0 Å². The maximum Gasteiger partial charge on any atom is 0.407 e. The van der Waals surface area contributed by atoms with Crippen LogP contribution in [0.1, 0.15) is 71.1 Å². The van der Waals surface area contributed by atoms with Crippen LogP contribution in [0.25, 0.3) is 0 Å². The van der Waals surface area contributed by atoms with E-state index in [0.717, 1.165) is 38.5 Å². The molecule has 0 aromatic carbocycles. The van der Waals surface area contributed by atoms with Crippen LogP contribution in [-0.2, 0) is 9.53 Å². The zero-order chi connectivity index (χ0) is 15.5. The fourth-order valence-electron chi connectivity index (χ4n) is 2.86. The van der Waals surface area contributed by atoms with Crippen molar-refractivity contribution >= 4 is 12.1 Å². The second-order valence-electron chi connectivity index (χ2n) is 5.97. The number of alkyl carbamates (subject to hydrolysis) is 1. The van der Waals surface area contributed by atoms with E-state index in [-0.39, 0.29) is 0 Å². The number of rotatable bonds is 9. The Morgan fingerprint density at radius 2 is 1.90 bits per heavy atom. The fraction of sp³-hybridized carbons (Fsp3) is 0.875. The van der Waals surface area contributed by atoms with Crippen LogP contribution in [0.15, 0.2) is 0 Å². The van der Waals surface area contributed by atoms with Gasteiger partial charge in [0.1, 0.15) is 6.04 Å². The van der Waals surface area contributed by atoms with Crippen molar-refractivity contribution in [3.05, 3.63) is 0 Å². The van der Waals surface area contributed by atoms with Crippen molar-refractivity contribution in [2.75, 3.05) is 6.61 Å². The third-order valence-corrected chi connectivity index (χ3v) is 4.12. The van der Waals surface area contributed by atoms with Crippen molar-refractivity contribution in [2.24, 2.45) is 5.92 Å².